The van der Waals surface area contributed by atoms with Gasteiger partial charge in [-0.15, -0.1) is 4.40 Å². The van der Waals surface area contributed by atoms with Gasteiger partial charge in [0.05, 0.1) is 24.9 Å². The Morgan fingerprint density at radius 3 is 2.80 bits per heavy atom. The van der Waals surface area contributed by atoms with Crippen LogP contribution in [0.2, 0.25) is 5.02 Å². The Kier molecular flexibility index (Phi) is 4.65. The van der Waals surface area contributed by atoms with Gasteiger partial charge in [-0.25, -0.2) is 0 Å². The molecule has 0 radical (unpaired) electrons. The number of carbonyl (C=O) groups excluding carboxylic acids is 1. The Balaban J connectivity index is 1.79. The van der Waals surface area contributed by atoms with Crippen molar-refractivity contribution in [2.24, 2.45) is 4.40 Å². The van der Waals surface area contributed by atoms with E-state index in [1.807, 2.05) is 0 Å². The smallest absolute Gasteiger partial charge is 0.286 e. The lowest BCUT2D eigenvalue weighted by atomic mass is 10.2. The molecular weight excluding hydrogens is 366 g/mol. The summed E-state index contributed by atoms with van der Waals surface area (Å²) < 4.78 is 33.2. The molecule has 2 N–H and O–H groups in total. The molecule has 2 aromatic rings. The highest BCUT2D eigenvalue weighted by Gasteiger charge is 2.25. The van der Waals surface area contributed by atoms with Gasteiger partial charge >= 0.3 is 0 Å². The van der Waals surface area contributed by atoms with Crippen LogP contribution in [0, 0.1) is 0 Å². The van der Waals surface area contributed by atoms with Crippen LogP contribution < -0.4 is 15.4 Å². The van der Waals surface area contributed by atoms with Crippen molar-refractivity contribution in [3.63, 3.8) is 0 Å². The van der Waals surface area contributed by atoms with Crippen LogP contribution in [0.15, 0.2) is 51.8 Å². The first-order chi connectivity index (χ1) is 11.9. The number of methoxy groups -OCH3 is 1. The largest absolute Gasteiger partial charge is 0.495 e. The molecule has 25 heavy (non-hydrogen) atoms. The first-order valence-electron chi connectivity index (χ1n) is 7.22. The van der Waals surface area contributed by atoms with E-state index in [0.717, 1.165) is 0 Å². The Bertz CT molecular complexity index is 973. The summed E-state index contributed by atoms with van der Waals surface area (Å²) in [5, 5.41) is 5.93. The van der Waals surface area contributed by atoms with Crippen LogP contribution in [0.25, 0.3) is 0 Å². The lowest BCUT2D eigenvalue weighted by Gasteiger charge is -2.18. The monoisotopic (exact) mass is 379 g/mol. The molecule has 0 aromatic heterocycles. The molecule has 0 bridgehead atoms. The number of nitrogens with one attached hydrogen (secondary N) is 2. The fourth-order valence-corrected chi connectivity index (χ4v) is 3.69. The van der Waals surface area contributed by atoms with Gasteiger partial charge in [-0.2, -0.15) is 8.42 Å². The highest BCUT2D eigenvalue weighted by molar-refractivity contribution is 7.90. The highest BCUT2D eigenvalue weighted by atomic mass is 35.5. The number of nitrogens with zero attached hydrogens (tertiary/aromatic N) is 1. The van der Waals surface area contributed by atoms with Crippen LogP contribution in [-0.4, -0.2) is 27.3 Å². The van der Waals surface area contributed by atoms with Crippen molar-refractivity contribution in [2.75, 3.05) is 17.7 Å². The van der Waals surface area contributed by atoms with E-state index in [0.29, 0.717) is 22.1 Å². The number of benzene rings is 2. The highest BCUT2D eigenvalue weighted by Crippen LogP contribution is 2.29. The Morgan fingerprint density at radius 1 is 1.28 bits per heavy atom. The molecule has 0 saturated carbocycles. The Morgan fingerprint density at radius 2 is 2.04 bits per heavy atom. The van der Waals surface area contributed by atoms with E-state index < -0.39 is 15.9 Å². The normalized spacial score (nSPS) is 14.7. The summed E-state index contributed by atoms with van der Waals surface area (Å²) in [6, 6.07) is 11.2. The van der Waals surface area contributed by atoms with Crippen LogP contribution in [0.5, 0.6) is 5.75 Å². The Labute approximate surface area is 149 Å². The van der Waals surface area contributed by atoms with Crippen molar-refractivity contribution in [3.05, 3.63) is 47.5 Å². The number of fused-ring (bicyclic) bond motifs is 1. The molecule has 0 saturated heterocycles. The summed E-state index contributed by atoms with van der Waals surface area (Å²) in [7, 11) is -2.36. The maximum atomic E-state index is 12.3. The molecule has 7 nitrogen and oxygen atoms in total. The van der Waals surface area contributed by atoms with Crippen LogP contribution in [0.3, 0.4) is 0 Å². The number of halogens is 1. The molecule has 0 unspecified atom stereocenters. The zero-order valence-corrected chi connectivity index (χ0v) is 14.7. The fraction of sp³-hybridized carbons (Fsp3) is 0.125. The predicted molar refractivity (Wildman–Crippen MR) is 95.9 cm³/mol. The van der Waals surface area contributed by atoms with Gasteiger partial charge in [-0.1, -0.05) is 23.7 Å². The summed E-state index contributed by atoms with van der Waals surface area (Å²) in [5.74, 6) is 0.0212. The minimum absolute atomic E-state index is 0.0391. The van der Waals surface area contributed by atoms with Gasteiger partial charge in [0.15, 0.2) is 0 Å². The number of amidine groups is 1. The fourth-order valence-electron chi connectivity index (χ4n) is 2.37. The molecule has 0 aliphatic carbocycles. The predicted octanol–water partition coefficient (Wildman–Crippen LogP) is 2.89. The molecule has 2 aromatic carbocycles. The number of anilines is 2. The maximum absolute atomic E-state index is 12.3. The van der Waals surface area contributed by atoms with E-state index in [9.17, 15) is 13.2 Å². The summed E-state index contributed by atoms with van der Waals surface area (Å²) in [5.41, 5.74) is 0.778. The van der Waals surface area contributed by atoms with Crippen LogP contribution in [0.1, 0.15) is 6.42 Å². The molecule has 0 fully saturated rings. The summed E-state index contributed by atoms with van der Waals surface area (Å²) in [6.45, 7) is 0. The third kappa shape index (κ3) is 3.75. The SMILES string of the molecule is COc1ccc(Cl)cc1NC(=O)CC1=NS(=O)(=O)c2ccccc2N1. The van der Waals surface area contributed by atoms with E-state index in [-0.39, 0.29) is 17.2 Å². The molecule has 9 heteroatoms. The van der Waals surface area contributed by atoms with Crippen molar-refractivity contribution >= 4 is 44.7 Å². The first kappa shape index (κ1) is 17.2. The minimum Gasteiger partial charge on any atom is -0.495 e. The minimum atomic E-state index is -3.83. The van der Waals surface area contributed by atoms with Crippen LogP contribution >= 0.6 is 11.6 Å². The molecule has 0 atom stereocenters. The molecule has 1 heterocycles. The van der Waals surface area contributed by atoms with Gasteiger partial charge in [0.2, 0.25) is 5.91 Å². The van der Waals surface area contributed by atoms with Crippen molar-refractivity contribution in [1.82, 2.24) is 0 Å². The second-order valence-corrected chi connectivity index (χ2v) is 7.21. The molecule has 3 rings (SSSR count). The number of para-hydroxylation sites is 1. The van der Waals surface area contributed by atoms with E-state index in [4.69, 9.17) is 16.3 Å². The number of carbonyl (C=O) groups is 1. The summed E-state index contributed by atoms with van der Waals surface area (Å²) in [6.07, 6.45) is -0.247. The number of sulfonamides is 1. The van der Waals surface area contributed by atoms with Gasteiger partial charge in [-0.05, 0) is 30.3 Å². The van der Waals surface area contributed by atoms with E-state index in [1.54, 1.807) is 36.4 Å². The van der Waals surface area contributed by atoms with Crippen molar-refractivity contribution < 1.29 is 17.9 Å². The second kappa shape index (κ2) is 6.73. The summed E-state index contributed by atoms with van der Waals surface area (Å²) in [4.78, 5) is 12.3. The molecule has 1 aliphatic heterocycles. The zero-order chi connectivity index (χ0) is 18.0. The number of amides is 1. The lowest BCUT2D eigenvalue weighted by Crippen LogP contribution is -2.26. The van der Waals surface area contributed by atoms with E-state index in [1.165, 1.54) is 13.2 Å². The van der Waals surface area contributed by atoms with Crippen molar-refractivity contribution in [1.29, 1.82) is 0 Å². The molecular formula is C16H14ClN3O4S. The van der Waals surface area contributed by atoms with Crippen molar-refractivity contribution in [3.8, 4) is 5.75 Å². The number of rotatable bonds is 4. The van der Waals surface area contributed by atoms with E-state index >= 15 is 0 Å². The van der Waals surface area contributed by atoms with Gasteiger partial charge in [0.1, 0.15) is 16.5 Å². The third-order valence-electron chi connectivity index (χ3n) is 3.44. The van der Waals surface area contributed by atoms with Gasteiger partial charge < -0.3 is 15.4 Å². The second-order valence-electron chi connectivity index (χ2n) is 5.20. The topological polar surface area (TPSA) is 96.9 Å². The lowest BCUT2D eigenvalue weighted by molar-refractivity contribution is -0.115. The number of hydrogen-bond acceptors (Lipinski definition) is 5. The van der Waals surface area contributed by atoms with Crippen LogP contribution in [-0.2, 0) is 14.8 Å². The van der Waals surface area contributed by atoms with Crippen LogP contribution in [0.4, 0.5) is 11.4 Å². The van der Waals surface area contributed by atoms with Gasteiger partial charge in [0.25, 0.3) is 10.0 Å². The molecule has 0 spiro atoms. The first-order valence-corrected chi connectivity index (χ1v) is 9.04. The third-order valence-corrected chi connectivity index (χ3v) is 5.05. The number of ether oxygens (including phenoxy) is 1. The maximum Gasteiger partial charge on any atom is 0.286 e. The van der Waals surface area contributed by atoms with Crippen molar-refractivity contribution in [2.45, 2.75) is 11.3 Å². The summed E-state index contributed by atoms with van der Waals surface area (Å²) >= 11 is 5.92. The van der Waals surface area contributed by atoms with Gasteiger partial charge in [-0.3, -0.25) is 4.79 Å². The van der Waals surface area contributed by atoms with Gasteiger partial charge in [0, 0.05) is 5.02 Å². The average molecular weight is 380 g/mol. The average Bonchev–Trinajstić information content (AvgIpc) is 2.54. The molecule has 130 valence electrons. The number of hydrogen-bond donors (Lipinski definition) is 2. The Hall–Kier alpha value is -2.58. The molecule has 1 amide bonds. The quantitative estimate of drug-likeness (QED) is 0.851. The molecule has 1 aliphatic rings. The van der Waals surface area contributed by atoms with E-state index in [2.05, 4.69) is 15.0 Å². The standard InChI is InChI=1S/C16H14ClN3O4S/c1-24-13-7-6-10(17)8-12(13)19-16(21)9-15-18-11-4-2-3-5-14(11)25(22,23)20-15/h2-8H,9H2,1H3,(H,18,20)(H,19,21). The zero-order valence-electron chi connectivity index (χ0n) is 13.1.